The number of carbonyl (C=O) groups excluding carboxylic acids is 1. The molecule has 0 spiro atoms. The third-order valence-electron chi connectivity index (χ3n) is 3.80. The first kappa shape index (κ1) is 14.7. The van der Waals surface area contributed by atoms with E-state index in [2.05, 4.69) is 18.9 Å². The van der Waals surface area contributed by atoms with Crippen LogP contribution in [0.3, 0.4) is 0 Å². The molecule has 0 aromatic heterocycles. The molecule has 1 unspecified atom stereocenters. The lowest BCUT2D eigenvalue weighted by Crippen LogP contribution is -2.52. The zero-order valence-electron chi connectivity index (χ0n) is 12.4. The lowest BCUT2D eigenvalue weighted by molar-refractivity contribution is 0.0572. The molecule has 2 N–H and O–H groups in total. The van der Waals surface area contributed by atoms with Crippen molar-refractivity contribution in [2.75, 3.05) is 39.0 Å². The smallest absolute Gasteiger partial charge is 0.254 e. The number of hydrogen-bond acceptors (Lipinski definition) is 4. The van der Waals surface area contributed by atoms with Crippen LogP contribution in [0.5, 0.6) is 5.75 Å². The maximum atomic E-state index is 12.5. The Bertz CT molecular complexity index is 490. The fourth-order valence-electron chi connectivity index (χ4n) is 2.38. The summed E-state index contributed by atoms with van der Waals surface area (Å²) >= 11 is 0. The summed E-state index contributed by atoms with van der Waals surface area (Å²) in [7, 11) is 2.08. The van der Waals surface area contributed by atoms with Gasteiger partial charge in [-0.3, -0.25) is 4.79 Å². The molecule has 5 nitrogen and oxygen atoms in total. The number of hydrogen-bond donors (Lipinski definition) is 1. The van der Waals surface area contributed by atoms with E-state index in [0.29, 0.717) is 29.6 Å². The van der Waals surface area contributed by atoms with E-state index in [4.69, 9.17) is 10.5 Å². The topological polar surface area (TPSA) is 58.8 Å². The fraction of sp³-hybridized carbons (Fsp3) is 0.533. The van der Waals surface area contributed by atoms with E-state index in [-0.39, 0.29) is 5.91 Å². The molecule has 0 saturated carbocycles. The first-order valence-electron chi connectivity index (χ1n) is 7.04. The summed E-state index contributed by atoms with van der Waals surface area (Å²) in [6, 6.07) is 5.64. The zero-order chi connectivity index (χ0) is 14.7. The Morgan fingerprint density at radius 1 is 1.45 bits per heavy atom. The van der Waals surface area contributed by atoms with Gasteiger partial charge in [0.05, 0.1) is 12.3 Å². The summed E-state index contributed by atoms with van der Waals surface area (Å²) < 4.78 is 5.39. The summed E-state index contributed by atoms with van der Waals surface area (Å²) in [4.78, 5) is 16.6. The van der Waals surface area contributed by atoms with E-state index in [0.717, 1.165) is 19.6 Å². The van der Waals surface area contributed by atoms with Gasteiger partial charge >= 0.3 is 0 Å². The number of anilines is 1. The third-order valence-corrected chi connectivity index (χ3v) is 3.80. The predicted octanol–water partition coefficient (Wildman–Crippen LogP) is 1.44. The normalized spacial score (nSPS) is 19.9. The van der Waals surface area contributed by atoms with Crippen LogP contribution >= 0.6 is 0 Å². The van der Waals surface area contributed by atoms with Crippen LogP contribution in [0, 0.1) is 0 Å². The van der Waals surface area contributed by atoms with Gasteiger partial charge in [-0.1, -0.05) is 0 Å². The number of amides is 1. The lowest BCUT2D eigenvalue weighted by atomic mass is 10.1. The van der Waals surface area contributed by atoms with Gasteiger partial charge in [0, 0.05) is 31.2 Å². The summed E-state index contributed by atoms with van der Waals surface area (Å²) in [5.74, 6) is 0.676. The highest BCUT2D eigenvalue weighted by atomic mass is 16.5. The Morgan fingerprint density at radius 2 is 2.20 bits per heavy atom. The molecule has 1 aliphatic heterocycles. The minimum atomic E-state index is 0.0414. The molecule has 1 aromatic carbocycles. The van der Waals surface area contributed by atoms with E-state index >= 15 is 0 Å². The van der Waals surface area contributed by atoms with Crippen molar-refractivity contribution in [2.45, 2.75) is 19.9 Å². The number of benzene rings is 1. The molecular weight excluding hydrogens is 254 g/mol. The van der Waals surface area contributed by atoms with E-state index in [1.807, 2.05) is 11.8 Å². The number of piperazine rings is 1. The molecule has 20 heavy (non-hydrogen) atoms. The number of ether oxygens (including phenoxy) is 1. The Balaban J connectivity index is 2.11. The van der Waals surface area contributed by atoms with Crippen molar-refractivity contribution < 1.29 is 9.53 Å². The Morgan fingerprint density at radius 3 is 2.80 bits per heavy atom. The van der Waals surface area contributed by atoms with E-state index in [9.17, 15) is 4.79 Å². The van der Waals surface area contributed by atoms with E-state index in [1.165, 1.54) is 0 Å². The van der Waals surface area contributed by atoms with Gasteiger partial charge in [0.2, 0.25) is 0 Å². The standard InChI is InChI=1S/C15H23N3O2/c1-4-20-14-6-5-12(9-13(14)16)15(19)18-8-7-17(3)11(2)10-18/h5-6,9,11H,4,7-8,10,16H2,1-3H3. The van der Waals surface area contributed by atoms with E-state index < -0.39 is 0 Å². The number of carbonyl (C=O) groups is 1. The van der Waals surface area contributed by atoms with Crippen LogP contribution in [-0.4, -0.2) is 55.0 Å². The Labute approximate surface area is 120 Å². The molecule has 1 aromatic rings. The molecule has 5 heteroatoms. The van der Waals surface area contributed by atoms with Gasteiger partial charge in [-0.05, 0) is 39.1 Å². The molecule has 0 aliphatic carbocycles. The number of nitrogens with two attached hydrogens (primary N) is 1. The predicted molar refractivity (Wildman–Crippen MR) is 80.0 cm³/mol. The van der Waals surface area contributed by atoms with Crippen molar-refractivity contribution in [2.24, 2.45) is 0 Å². The van der Waals surface area contributed by atoms with Crippen molar-refractivity contribution in [1.82, 2.24) is 9.80 Å². The molecular formula is C15H23N3O2. The number of nitrogen functional groups attached to an aromatic ring is 1. The van der Waals surface area contributed by atoms with Crippen molar-refractivity contribution in [1.29, 1.82) is 0 Å². The summed E-state index contributed by atoms with van der Waals surface area (Å²) in [5, 5.41) is 0. The fourth-order valence-corrected chi connectivity index (χ4v) is 2.38. The average molecular weight is 277 g/mol. The lowest BCUT2D eigenvalue weighted by Gasteiger charge is -2.37. The molecule has 1 aliphatic rings. The Kier molecular flexibility index (Phi) is 4.49. The van der Waals surface area contributed by atoms with Crippen molar-refractivity contribution in [3.8, 4) is 5.75 Å². The maximum absolute atomic E-state index is 12.5. The second-order valence-electron chi connectivity index (χ2n) is 5.27. The zero-order valence-corrected chi connectivity index (χ0v) is 12.4. The number of rotatable bonds is 3. The molecule has 1 saturated heterocycles. The van der Waals surface area contributed by atoms with E-state index in [1.54, 1.807) is 18.2 Å². The van der Waals surface area contributed by atoms with Crippen LogP contribution in [0.1, 0.15) is 24.2 Å². The summed E-state index contributed by atoms with van der Waals surface area (Å²) in [5.41, 5.74) is 7.06. The van der Waals surface area contributed by atoms with Gasteiger partial charge < -0.3 is 20.3 Å². The molecule has 110 valence electrons. The van der Waals surface area contributed by atoms with Crippen molar-refractivity contribution in [3.05, 3.63) is 23.8 Å². The van der Waals surface area contributed by atoms with Crippen LogP contribution in [0.2, 0.25) is 0 Å². The third kappa shape index (κ3) is 3.04. The SMILES string of the molecule is CCOc1ccc(C(=O)N2CCN(C)C(C)C2)cc1N. The number of nitrogens with zero attached hydrogens (tertiary/aromatic N) is 2. The van der Waals surface area contributed by atoms with Crippen molar-refractivity contribution >= 4 is 11.6 Å². The van der Waals surface area contributed by atoms with Crippen molar-refractivity contribution in [3.63, 3.8) is 0 Å². The first-order chi connectivity index (χ1) is 9.52. The largest absolute Gasteiger partial charge is 0.492 e. The van der Waals surface area contributed by atoms with Gasteiger partial charge in [0.1, 0.15) is 5.75 Å². The van der Waals surface area contributed by atoms with Crippen LogP contribution in [0.25, 0.3) is 0 Å². The average Bonchev–Trinajstić information content (AvgIpc) is 2.43. The van der Waals surface area contributed by atoms with Gasteiger partial charge in [0.25, 0.3) is 5.91 Å². The molecule has 0 bridgehead atoms. The molecule has 1 atom stereocenters. The summed E-state index contributed by atoms with van der Waals surface area (Å²) in [6.07, 6.45) is 0. The van der Waals surface area contributed by atoms with Gasteiger partial charge in [-0.15, -0.1) is 0 Å². The van der Waals surface area contributed by atoms with Crippen LogP contribution in [-0.2, 0) is 0 Å². The highest BCUT2D eigenvalue weighted by Crippen LogP contribution is 2.23. The quantitative estimate of drug-likeness (QED) is 0.849. The van der Waals surface area contributed by atoms with Crippen LogP contribution in [0.15, 0.2) is 18.2 Å². The minimum absolute atomic E-state index is 0.0414. The maximum Gasteiger partial charge on any atom is 0.254 e. The number of likely N-dealkylation sites (N-methyl/N-ethyl adjacent to an activating group) is 1. The molecule has 1 amide bonds. The highest BCUT2D eigenvalue weighted by molar-refractivity contribution is 5.95. The van der Waals surface area contributed by atoms with Gasteiger partial charge in [-0.25, -0.2) is 0 Å². The molecule has 1 fully saturated rings. The molecule has 0 radical (unpaired) electrons. The van der Waals surface area contributed by atoms with Gasteiger partial charge in [-0.2, -0.15) is 0 Å². The highest BCUT2D eigenvalue weighted by Gasteiger charge is 2.25. The monoisotopic (exact) mass is 277 g/mol. The van der Waals surface area contributed by atoms with Crippen LogP contribution in [0.4, 0.5) is 5.69 Å². The Hall–Kier alpha value is -1.75. The molecule has 2 rings (SSSR count). The molecule has 1 heterocycles. The first-order valence-corrected chi connectivity index (χ1v) is 7.04. The second kappa shape index (κ2) is 6.13. The second-order valence-corrected chi connectivity index (χ2v) is 5.27. The summed E-state index contributed by atoms with van der Waals surface area (Å²) in [6.45, 7) is 7.01. The minimum Gasteiger partial charge on any atom is -0.492 e. The van der Waals surface area contributed by atoms with Gasteiger partial charge in [0.15, 0.2) is 0 Å². The van der Waals surface area contributed by atoms with Crippen LogP contribution < -0.4 is 10.5 Å².